The zero-order chi connectivity index (χ0) is 16.6. The van der Waals surface area contributed by atoms with Crippen molar-refractivity contribution in [3.63, 3.8) is 0 Å². The molecule has 1 heterocycles. The van der Waals surface area contributed by atoms with Crippen LogP contribution in [0.5, 0.6) is 5.75 Å². The number of carbonyl (C=O) groups is 2. The molecular weight excluding hydrogens is 304 g/mol. The van der Waals surface area contributed by atoms with Gasteiger partial charge in [-0.1, -0.05) is 23.8 Å². The number of allylic oxidation sites excluding steroid dienone is 2. The first-order chi connectivity index (χ1) is 11.6. The number of benzene rings is 1. The third-order valence-electron chi connectivity index (χ3n) is 6.13. The third kappa shape index (κ3) is 1.72. The van der Waals surface area contributed by atoms with Crippen LogP contribution in [0.4, 0.5) is 0 Å². The van der Waals surface area contributed by atoms with Gasteiger partial charge >= 0.3 is 0 Å². The second-order valence-corrected chi connectivity index (χ2v) is 7.45. The largest absolute Gasteiger partial charge is 0.507 e. The average Bonchev–Trinajstić information content (AvgIpc) is 3.35. The number of hydrogen-bond acceptors (Lipinski definition) is 4. The summed E-state index contributed by atoms with van der Waals surface area (Å²) in [6.07, 6.45) is 6.84. The van der Waals surface area contributed by atoms with Crippen LogP contribution in [0.1, 0.15) is 17.5 Å². The van der Waals surface area contributed by atoms with E-state index in [1.54, 1.807) is 18.2 Å². The van der Waals surface area contributed by atoms with Crippen molar-refractivity contribution in [1.29, 1.82) is 0 Å². The van der Waals surface area contributed by atoms with Crippen molar-refractivity contribution in [2.24, 2.45) is 40.6 Å². The minimum Gasteiger partial charge on any atom is -0.507 e. The first kappa shape index (κ1) is 14.0. The molecule has 2 bridgehead atoms. The van der Waals surface area contributed by atoms with Crippen LogP contribution in [-0.4, -0.2) is 28.1 Å². The molecule has 6 rings (SSSR count). The van der Waals surface area contributed by atoms with Gasteiger partial charge in [-0.05, 0) is 49.1 Å². The number of imide groups is 1. The van der Waals surface area contributed by atoms with Gasteiger partial charge in [0.2, 0.25) is 0 Å². The summed E-state index contributed by atoms with van der Waals surface area (Å²) in [5.74, 6) is 0.826. The lowest BCUT2D eigenvalue weighted by molar-refractivity contribution is -0.140. The second kappa shape index (κ2) is 4.56. The topological polar surface area (TPSA) is 70.0 Å². The molecule has 5 nitrogen and oxygen atoms in total. The summed E-state index contributed by atoms with van der Waals surface area (Å²) < 4.78 is 0. The Morgan fingerprint density at radius 1 is 1.12 bits per heavy atom. The quantitative estimate of drug-likeness (QED) is 0.515. The summed E-state index contributed by atoms with van der Waals surface area (Å²) in [5.41, 5.74) is 1.48. The summed E-state index contributed by atoms with van der Waals surface area (Å²) in [6, 6.07) is 5.15. The van der Waals surface area contributed by atoms with Gasteiger partial charge in [0.1, 0.15) is 5.75 Å². The Labute approximate surface area is 139 Å². The molecule has 1 aromatic rings. The average molecular weight is 322 g/mol. The van der Waals surface area contributed by atoms with Gasteiger partial charge in [-0.2, -0.15) is 10.1 Å². The minimum atomic E-state index is -0.237. The van der Waals surface area contributed by atoms with Crippen LogP contribution in [0.3, 0.4) is 0 Å². The van der Waals surface area contributed by atoms with E-state index < -0.39 is 0 Å². The molecule has 0 spiro atoms. The van der Waals surface area contributed by atoms with E-state index in [-0.39, 0.29) is 41.2 Å². The molecule has 0 radical (unpaired) electrons. The van der Waals surface area contributed by atoms with E-state index in [0.29, 0.717) is 17.4 Å². The van der Waals surface area contributed by atoms with E-state index in [1.165, 1.54) is 6.21 Å². The van der Waals surface area contributed by atoms with Crippen molar-refractivity contribution < 1.29 is 14.7 Å². The Kier molecular flexibility index (Phi) is 2.65. The predicted molar refractivity (Wildman–Crippen MR) is 87.0 cm³/mol. The SMILES string of the molecule is Cc1ccc(O)c(/C=N\N2C(=O)[C@@H]3[C@H]4C=C[C@@H]([C@@H]5C[C@@H]45)[C@@H]3C2=O)c1. The predicted octanol–water partition coefficient (Wildman–Crippen LogP) is 2.09. The highest BCUT2D eigenvalue weighted by molar-refractivity contribution is 6.06. The van der Waals surface area contributed by atoms with Gasteiger partial charge in [-0.15, -0.1) is 0 Å². The number of nitrogens with zero attached hydrogens (tertiary/aromatic N) is 2. The van der Waals surface area contributed by atoms with Crippen LogP contribution in [0.2, 0.25) is 0 Å². The van der Waals surface area contributed by atoms with Gasteiger partial charge in [-0.25, -0.2) is 0 Å². The Morgan fingerprint density at radius 2 is 1.75 bits per heavy atom. The third-order valence-corrected chi connectivity index (χ3v) is 6.13. The number of rotatable bonds is 2. The van der Waals surface area contributed by atoms with Gasteiger partial charge < -0.3 is 5.11 Å². The fourth-order valence-corrected chi connectivity index (χ4v) is 4.95. The van der Waals surface area contributed by atoms with Crippen LogP contribution in [0.25, 0.3) is 0 Å². The zero-order valence-electron chi connectivity index (χ0n) is 13.3. The van der Waals surface area contributed by atoms with E-state index in [1.807, 2.05) is 6.92 Å². The standard InChI is InChI=1S/C19H18N2O3/c1-9-2-5-15(22)10(6-9)8-20-21-18(23)16-11-3-4-12(14-7-13(11)14)17(16)19(21)24/h2-6,8,11-14,16-17,22H,7H2,1H3/b20-8-/t11-,12-,13-,14-,16-,17+/m0/s1. The first-order valence-corrected chi connectivity index (χ1v) is 8.46. The van der Waals surface area contributed by atoms with Crippen molar-refractivity contribution in [2.75, 3.05) is 0 Å². The maximum Gasteiger partial charge on any atom is 0.254 e. The zero-order valence-corrected chi connectivity index (χ0v) is 13.3. The highest BCUT2D eigenvalue weighted by Gasteiger charge is 2.67. The molecule has 1 N–H and O–H groups in total. The number of hydrazone groups is 1. The molecule has 24 heavy (non-hydrogen) atoms. The number of carbonyl (C=O) groups excluding carboxylic acids is 2. The minimum absolute atomic E-state index is 0.0869. The fourth-order valence-electron chi connectivity index (χ4n) is 4.95. The molecule has 2 amide bonds. The lowest BCUT2D eigenvalue weighted by Gasteiger charge is -2.37. The molecule has 4 aliphatic carbocycles. The number of aromatic hydroxyl groups is 1. The maximum absolute atomic E-state index is 12.8. The van der Waals surface area contributed by atoms with Crippen molar-refractivity contribution in [1.82, 2.24) is 5.01 Å². The van der Waals surface area contributed by atoms with E-state index in [4.69, 9.17) is 0 Å². The van der Waals surface area contributed by atoms with Gasteiger partial charge in [0.15, 0.2) is 0 Å². The van der Waals surface area contributed by atoms with Crippen LogP contribution in [0.15, 0.2) is 35.5 Å². The second-order valence-electron chi connectivity index (χ2n) is 7.45. The lowest BCUT2D eigenvalue weighted by atomic mass is 9.63. The molecule has 1 aliphatic heterocycles. The van der Waals surface area contributed by atoms with Gasteiger partial charge in [0.05, 0.1) is 18.1 Å². The molecule has 1 saturated heterocycles. The molecule has 6 atom stereocenters. The van der Waals surface area contributed by atoms with Crippen molar-refractivity contribution in [3.8, 4) is 5.75 Å². The number of aryl methyl sites for hydroxylation is 1. The molecule has 5 heteroatoms. The summed E-state index contributed by atoms with van der Waals surface area (Å²) in [4.78, 5) is 25.5. The molecule has 5 aliphatic rings. The summed E-state index contributed by atoms with van der Waals surface area (Å²) in [6.45, 7) is 1.91. The monoisotopic (exact) mass is 322 g/mol. The summed E-state index contributed by atoms with van der Waals surface area (Å²) in [5, 5.41) is 15.1. The molecule has 0 unspecified atom stereocenters. The number of phenolic OH excluding ortho intramolecular Hbond substituents is 1. The Bertz CT molecular complexity index is 792. The number of hydrogen-bond donors (Lipinski definition) is 1. The van der Waals surface area contributed by atoms with Crippen LogP contribution in [0, 0.1) is 42.4 Å². The number of phenols is 1. The molecule has 3 fully saturated rings. The van der Waals surface area contributed by atoms with E-state index >= 15 is 0 Å². The summed E-state index contributed by atoms with van der Waals surface area (Å²) in [7, 11) is 0. The maximum atomic E-state index is 12.8. The van der Waals surface area contributed by atoms with E-state index in [2.05, 4.69) is 17.3 Å². The Hall–Kier alpha value is -2.43. The van der Waals surface area contributed by atoms with Crippen molar-refractivity contribution >= 4 is 18.0 Å². The Morgan fingerprint density at radius 3 is 2.38 bits per heavy atom. The highest BCUT2D eigenvalue weighted by Crippen LogP contribution is 2.65. The van der Waals surface area contributed by atoms with Gasteiger partial charge in [0.25, 0.3) is 11.8 Å². The van der Waals surface area contributed by atoms with Gasteiger partial charge in [0, 0.05) is 5.56 Å². The van der Waals surface area contributed by atoms with Crippen molar-refractivity contribution in [2.45, 2.75) is 13.3 Å². The van der Waals surface area contributed by atoms with Gasteiger partial charge in [-0.3, -0.25) is 9.59 Å². The summed E-state index contributed by atoms with van der Waals surface area (Å²) >= 11 is 0. The van der Waals surface area contributed by atoms with Crippen molar-refractivity contribution in [3.05, 3.63) is 41.5 Å². The smallest absolute Gasteiger partial charge is 0.254 e. The van der Waals surface area contributed by atoms with Crippen LogP contribution < -0.4 is 0 Å². The number of amides is 2. The Balaban J connectivity index is 1.46. The molecule has 122 valence electrons. The van der Waals surface area contributed by atoms with E-state index in [9.17, 15) is 14.7 Å². The fraction of sp³-hybridized carbons (Fsp3) is 0.421. The van der Waals surface area contributed by atoms with Crippen LogP contribution in [-0.2, 0) is 9.59 Å². The molecular formula is C19H18N2O3. The van der Waals surface area contributed by atoms with Crippen LogP contribution >= 0.6 is 0 Å². The molecule has 0 aromatic heterocycles. The normalized spacial score (nSPS) is 38.8. The highest BCUT2D eigenvalue weighted by atomic mass is 16.3. The van der Waals surface area contributed by atoms with E-state index in [0.717, 1.165) is 17.0 Å². The lowest BCUT2D eigenvalue weighted by Crippen LogP contribution is -2.40. The first-order valence-electron chi connectivity index (χ1n) is 8.46. The molecule has 1 aromatic carbocycles. The molecule has 2 saturated carbocycles.